The van der Waals surface area contributed by atoms with Crippen LogP contribution in [0.2, 0.25) is 0 Å². The number of ether oxygens (including phenoxy) is 1. The van der Waals surface area contributed by atoms with Crippen LogP contribution in [0.3, 0.4) is 0 Å². The molecule has 4 heterocycles. The van der Waals surface area contributed by atoms with Crippen molar-refractivity contribution in [2.45, 2.75) is 38.3 Å². The topological polar surface area (TPSA) is 79.3 Å². The van der Waals surface area contributed by atoms with Crippen LogP contribution < -0.4 is 19.9 Å². The summed E-state index contributed by atoms with van der Waals surface area (Å²) in [7, 11) is 2.09. The van der Waals surface area contributed by atoms with E-state index in [-0.39, 0.29) is 6.04 Å². The highest BCUT2D eigenvalue weighted by molar-refractivity contribution is 5.56. The van der Waals surface area contributed by atoms with Crippen LogP contribution in [0.4, 0.5) is 17.6 Å². The molecule has 2 aliphatic heterocycles. The Morgan fingerprint density at radius 2 is 1.91 bits per heavy atom. The van der Waals surface area contributed by atoms with Crippen LogP contribution in [0, 0.1) is 6.92 Å². The summed E-state index contributed by atoms with van der Waals surface area (Å²) in [6, 6.07) is 13.1. The van der Waals surface area contributed by atoms with Crippen LogP contribution in [0.15, 0.2) is 48.9 Å². The monoisotopic (exact) mass is 431 g/mol. The third-order valence-electron chi connectivity index (χ3n) is 6.31. The SMILES string of the molecule is Cc1cc(N2CCC(Nc3ncc4c(n3)N(C)C(Cc3ccccc3)CO4)CC2)ncn1. The maximum absolute atomic E-state index is 5.98. The third kappa shape index (κ3) is 4.44. The predicted octanol–water partition coefficient (Wildman–Crippen LogP) is 3.10. The summed E-state index contributed by atoms with van der Waals surface area (Å²) in [5.41, 5.74) is 2.30. The highest BCUT2D eigenvalue weighted by atomic mass is 16.5. The number of hydrogen-bond donors (Lipinski definition) is 1. The Morgan fingerprint density at radius 3 is 2.69 bits per heavy atom. The van der Waals surface area contributed by atoms with Gasteiger partial charge in [-0.3, -0.25) is 0 Å². The molecule has 8 nitrogen and oxygen atoms in total. The summed E-state index contributed by atoms with van der Waals surface area (Å²) in [4.78, 5) is 22.5. The summed E-state index contributed by atoms with van der Waals surface area (Å²) in [5.74, 6) is 3.26. The molecule has 32 heavy (non-hydrogen) atoms. The summed E-state index contributed by atoms with van der Waals surface area (Å²) in [6.45, 7) is 4.52. The Hall–Kier alpha value is -3.42. The molecule has 1 saturated heterocycles. The van der Waals surface area contributed by atoms with Crippen molar-refractivity contribution >= 4 is 17.6 Å². The molecule has 1 unspecified atom stereocenters. The van der Waals surface area contributed by atoms with E-state index in [0.717, 1.165) is 55.4 Å². The molecule has 1 atom stereocenters. The first-order chi connectivity index (χ1) is 15.7. The molecule has 1 aromatic carbocycles. The summed E-state index contributed by atoms with van der Waals surface area (Å²) < 4.78 is 5.98. The minimum absolute atomic E-state index is 0.243. The number of hydrogen-bond acceptors (Lipinski definition) is 8. The van der Waals surface area contributed by atoms with Crippen LogP contribution in [0.1, 0.15) is 24.1 Å². The lowest BCUT2D eigenvalue weighted by molar-refractivity contribution is 0.262. The summed E-state index contributed by atoms with van der Waals surface area (Å²) in [5, 5.41) is 3.54. The van der Waals surface area contributed by atoms with Crippen LogP contribution in [-0.2, 0) is 6.42 Å². The van der Waals surface area contributed by atoms with E-state index in [1.165, 1.54) is 5.56 Å². The van der Waals surface area contributed by atoms with E-state index in [1.807, 2.05) is 19.1 Å². The highest BCUT2D eigenvalue weighted by Crippen LogP contribution is 2.32. The largest absolute Gasteiger partial charge is 0.486 e. The Labute approximate surface area is 188 Å². The van der Waals surface area contributed by atoms with E-state index >= 15 is 0 Å². The van der Waals surface area contributed by atoms with Gasteiger partial charge < -0.3 is 19.9 Å². The summed E-state index contributed by atoms with van der Waals surface area (Å²) >= 11 is 0. The van der Waals surface area contributed by atoms with Crippen molar-refractivity contribution in [2.75, 3.05) is 41.9 Å². The van der Waals surface area contributed by atoms with Crippen molar-refractivity contribution in [3.8, 4) is 5.75 Å². The molecule has 0 aliphatic carbocycles. The number of aromatic nitrogens is 4. The van der Waals surface area contributed by atoms with Crippen LogP contribution in [0.5, 0.6) is 5.75 Å². The molecule has 1 fully saturated rings. The summed E-state index contributed by atoms with van der Waals surface area (Å²) in [6.07, 6.45) is 6.36. The molecule has 8 heteroatoms. The zero-order valence-electron chi connectivity index (χ0n) is 18.6. The van der Waals surface area contributed by atoms with Crippen LogP contribution in [0.25, 0.3) is 0 Å². The molecule has 0 amide bonds. The second-order valence-corrected chi connectivity index (χ2v) is 8.57. The Kier molecular flexibility index (Phi) is 5.75. The van der Waals surface area contributed by atoms with E-state index in [0.29, 0.717) is 18.6 Å². The fourth-order valence-corrected chi connectivity index (χ4v) is 4.39. The molecule has 2 aromatic heterocycles. The zero-order valence-corrected chi connectivity index (χ0v) is 18.6. The predicted molar refractivity (Wildman–Crippen MR) is 125 cm³/mol. The molecule has 3 aromatic rings. The number of benzene rings is 1. The molecule has 2 aliphatic rings. The van der Waals surface area contributed by atoms with Gasteiger partial charge >= 0.3 is 0 Å². The normalized spacial score (nSPS) is 18.8. The number of piperidine rings is 1. The molecule has 166 valence electrons. The van der Waals surface area contributed by atoms with Gasteiger partial charge in [0.2, 0.25) is 5.95 Å². The van der Waals surface area contributed by atoms with Gasteiger partial charge in [0, 0.05) is 37.9 Å². The van der Waals surface area contributed by atoms with Gasteiger partial charge in [0.25, 0.3) is 0 Å². The van der Waals surface area contributed by atoms with Gasteiger partial charge in [-0.2, -0.15) is 4.98 Å². The molecule has 0 radical (unpaired) electrons. The molecule has 0 saturated carbocycles. The molecular weight excluding hydrogens is 402 g/mol. The van der Waals surface area contributed by atoms with Gasteiger partial charge in [-0.05, 0) is 31.7 Å². The van der Waals surface area contributed by atoms with Gasteiger partial charge in [-0.1, -0.05) is 30.3 Å². The van der Waals surface area contributed by atoms with Gasteiger partial charge in [0.05, 0.1) is 12.2 Å². The zero-order chi connectivity index (χ0) is 21.9. The molecule has 0 spiro atoms. The van der Waals surface area contributed by atoms with E-state index in [2.05, 4.69) is 61.4 Å². The van der Waals surface area contributed by atoms with Crippen molar-refractivity contribution in [3.05, 3.63) is 60.2 Å². The number of anilines is 3. The number of nitrogens with zero attached hydrogens (tertiary/aromatic N) is 6. The lowest BCUT2D eigenvalue weighted by Gasteiger charge is -2.35. The van der Waals surface area contributed by atoms with Crippen molar-refractivity contribution in [3.63, 3.8) is 0 Å². The van der Waals surface area contributed by atoms with Gasteiger partial charge in [-0.15, -0.1) is 0 Å². The van der Waals surface area contributed by atoms with Gasteiger partial charge in [0.15, 0.2) is 11.6 Å². The first-order valence-corrected chi connectivity index (χ1v) is 11.2. The van der Waals surface area contributed by atoms with Gasteiger partial charge in [0.1, 0.15) is 18.8 Å². The minimum Gasteiger partial charge on any atom is -0.486 e. The number of likely N-dealkylation sites (N-methyl/N-ethyl adjacent to an activating group) is 1. The van der Waals surface area contributed by atoms with E-state index < -0.39 is 0 Å². The highest BCUT2D eigenvalue weighted by Gasteiger charge is 2.28. The first kappa shape index (κ1) is 20.5. The van der Waals surface area contributed by atoms with Gasteiger partial charge in [-0.25, -0.2) is 15.0 Å². The molecular formula is C24H29N7O. The first-order valence-electron chi connectivity index (χ1n) is 11.2. The second-order valence-electron chi connectivity index (χ2n) is 8.57. The average Bonchev–Trinajstić information content (AvgIpc) is 2.82. The van der Waals surface area contributed by atoms with E-state index in [1.54, 1.807) is 12.5 Å². The quantitative estimate of drug-likeness (QED) is 0.660. The van der Waals surface area contributed by atoms with E-state index in [9.17, 15) is 0 Å². The standard InChI is InChI=1S/C24H29N7O/c1-17-12-22(27-16-26-17)31-10-8-19(9-11-31)28-24-25-14-21-23(29-24)30(2)20(15-32-21)13-18-6-4-3-5-7-18/h3-7,12,14,16,19-20H,8-11,13,15H2,1-2H3,(H,25,28,29). The Bertz CT molecular complexity index is 1050. The number of nitrogens with one attached hydrogen (secondary N) is 1. The Morgan fingerprint density at radius 1 is 1.09 bits per heavy atom. The molecule has 5 rings (SSSR count). The van der Waals surface area contributed by atoms with Crippen LogP contribution in [-0.4, -0.2) is 58.8 Å². The number of fused-ring (bicyclic) bond motifs is 1. The maximum Gasteiger partial charge on any atom is 0.225 e. The van der Waals surface area contributed by atoms with Crippen molar-refractivity contribution in [2.24, 2.45) is 0 Å². The maximum atomic E-state index is 5.98. The number of aryl methyl sites for hydroxylation is 1. The van der Waals surface area contributed by atoms with Crippen molar-refractivity contribution in [1.29, 1.82) is 0 Å². The fraction of sp³-hybridized carbons (Fsp3) is 0.417. The molecule has 1 N–H and O–H groups in total. The lowest BCUT2D eigenvalue weighted by atomic mass is 10.0. The minimum atomic E-state index is 0.243. The average molecular weight is 432 g/mol. The van der Waals surface area contributed by atoms with Crippen molar-refractivity contribution < 1.29 is 4.74 Å². The van der Waals surface area contributed by atoms with E-state index in [4.69, 9.17) is 9.72 Å². The second kappa shape index (κ2) is 8.98. The number of rotatable bonds is 5. The lowest BCUT2D eigenvalue weighted by Crippen LogP contribution is -2.43. The smallest absolute Gasteiger partial charge is 0.225 e. The van der Waals surface area contributed by atoms with Crippen molar-refractivity contribution in [1.82, 2.24) is 19.9 Å². The molecule has 0 bridgehead atoms. The third-order valence-corrected chi connectivity index (χ3v) is 6.31. The Balaban J connectivity index is 1.22. The van der Waals surface area contributed by atoms with Crippen LogP contribution >= 0.6 is 0 Å². The fourth-order valence-electron chi connectivity index (χ4n) is 4.39.